The molecule has 1 heterocycles. The van der Waals surface area contributed by atoms with Crippen LogP contribution in [0.1, 0.15) is 5.76 Å². The molecule has 0 aliphatic carbocycles. The Morgan fingerprint density at radius 3 is 2.75 bits per heavy atom. The van der Waals surface area contributed by atoms with Gasteiger partial charge >= 0.3 is 0 Å². The molecule has 0 aliphatic heterocycles. The van der Waals surface area contributed by atoms with Gasteiger partial charge in [-0.25, -0.2) is 0 Å². The number of aliphatic hydroxyl groups excluding tert-OH is 1. The summed E-state index contributed by atoms with van der Waals surface area (Å²) in [6.07, 6.45) is -1.16. The van der Waals surface area contributed by atoms with E-state index >= 15 is 0 Å². The van der Waals surface area contributed by atoms with Crippen LogP contribution in [0.25, 0.3) is 0 Å². The summed E-state index contributed by atoms with van der Waals surface area (Å²) in [7, 11) is 0. The van der Waals surface area contributed by atoms with Gasteiger partial charge < -0.3 is 19.7 Å². The van der Waals surface area contributed by atoms with Gasteiger partial charge in [0, 0.05) is 6.07 Å². The summed E-state index contributed by atoms with van der Waals surface area (Å²) in [5.74, 6) is 1.66. The molecule has 16 heavy (non-hydrogen) atoms. The Morgan fingerprint density at radius 1 is 1.38 bits per heavy atom. The molecule has 2 N–H and O–H groups in total. The molecule has 5 nitrogen and oxygen atoms in total. The van der Waals surface area contributed by atoms with Gasteiger partial charge in [-0.2, -0.15) is 0 Å². The highest BCUT2D eigenvalue weighted by Crippen LogP contribution is 2.12. The van der Waals surface area contributed by atoms with Gasteiger partial charge in [0.2, 0.25) is 0 Å². The maximum atomic E-state index is 9.55. The number of rotatable bonds is 4. The van der Waals surface area contributed by atoms with Gasteiger partial charge in [-0.3, -0.25) is 0 Å². The summed E-state index contributed by atoms with van der Waals surface area (Å²) in [6.45, 7) is 1.77. The largest absolute Gasteiger partial charge is 0.447 e. The van der Waals surface area contributed by atoms with Crippen LogP contribution in [0.15, 0.2) is 40.9 Å². The second-order valence-electron chi connectivity index (χ2n) is 3.25. The van der Waals surface area contributed by atoms with Crippen LogP contribution in [0, 0.1) is 6.92 Å². The third kappa shape index (κ3) is 2.74. The van der Waals surface area contributed by atoms with Crippen molar-refractivity contribution in [3.05, 3.63) is 42.2 Å². The van der Waals surface area contributed by atoms with E-state index in [0.717, 1.165) is 0 Å². The van der Waals surface area contributed by atoms with Crippen molar-refractivity contribution in [2.75, 3.05) is 5.32 Å². The van der Waals surface area contributed by atoms with E-state index in [1.54, 1.807) is 25.1 Å². The summed E-state index contributed by atoms with van der Waals surface area (Å²) >= 11 is 0. The average molecular weight is 220 g/mol. The molecule has 1 aromatic carbocycles. The van der Waals surface area contributed by atoms with Crippen LogP contribution in [-0.4, -0.2) is 16.7 Å². The average Bonchev–Trinajstić information content (AvgIpc) is 2.65. The first kappa shape index (κ1) is 10.5. The first-order valence-corrected chi connectivity index (χ1v) is 4.84. The first-order valence-electron chi connectivity index (χ1n) is 4.84. The van der Waals surface area contributed by atoms with Gasteiger partial charge in [0.1, 0.15) is 11.5 Å². The second-order valence-corrected chi connectivity index (χ2v) is 3.25. The van der Waals surface area contributed by atoms with Crippen LogP contribution >= 0.6 is 0 Å². The Kier molecular flexibility index (Phi) is 3.07. The highest BCUT2D eigenvalue weighted by atomic mass is 16.6. The van der Waals surface area contributed by atoms with Gasteiger partial charge in [-0.15, -0.1) is 0 Å². The third-order valence-electron chi connectivity index (χ3n) is 1.89. The molecule has 0 spiro atoms. The summed E-state index contributed by atoms with van der Waals surface area (Å²) in [6, 6.07) is 10.7. The normalized spacial score (nSPS) is 12.1. The van der Waals surface area contributed by atoms with E-state index < -0.39 is 6.41 Å². The monoisotopic (exact) mass is 220 g/mol. The molecule has 1 unspecified atom stereocenters. The molecule has 1 aromatic heterocycles. The van der Waals surface area contributed by atoms with Crippen LogP contribution < -0.4 is 10.1 Å². The molecule has 0 bridgehead atoms. The fourth-order valence-electron chi connectivity index (χ4n) is 1.22. The Hall–Kier alpha value is -2.01. The van der Waals surface area contributed by atoms with E-state index in [1.165, 1.54) is 0 Å². The lowest BCUT2D eigenvalue weighted by Crippen LogP contribution is -2.25. The van der Waals surface area contributed by atoms with E-state index in [2.05, 4.69) is 10.5 Å². The number of aliphatic hydroxyl groups is 1. The van der Waals surface area contributed by atoms with Gasteiger partial charge in [-0.1, -0.05) is 23.4 Å². The van der Waals surface area contributed by atoms with E-state index in [4.69, 9.17) is 9.26 Å². The highest BCUT2D eigenvalue weighted by Gasteiger charge is 2.07. The zero-order valence-corrected chi connectivity index (χ0v) is 8.75. The van der Waals surface area contributed by atoms with Crippen molar-refractivity contribution in [1.29, 1.82) is 0 Å². The van der Waals surface area contributed by atoms with Crippen molar-refractivity contribution in [2.24, 2.45) is 0 Å². The van der Waals surface area contributed by atoms with Crippen LogP contribution in [0.2, 0.25) is 0 Å². The van der Waals surface area contributed by atoms with Crippen molar-refractivity contribution in [1.82, 2.24) is 5.16 Å². The Balaban J connectivity index is 1.92. The van der Waals surface area contributed by atoms with Crippen LogP contribution in [-0.2, 0) is 0 Å². The van der Waals surface area contributed by atoms with Crippen LogP contribution in [0.5, 0.6) is 5.75 Å². The summed E-state index contributed by atoms with van der Waals surface area (Å²) in [5.41, 5.74) is 0. The third-order valence-corrected chi connectivity index (χ3v) is 1.89. The summed E-state index contributed by atoms with van der Waals surface area (Å²) < 4.78 is 10.0. The summed E-state index contributed by atoms with van der Waals surface area (Å²) in [5, 5.41) is 15.9. The van der Waals surface area contributed by atoms with Crippen molar-refractivity contribution < 1.29 is 14.4 Å². The fraction of sp³-hybridized carbons (Fsp3) is 0.182. The molecule has 5 heteroatoms. The number of anilines is 1. The molecule has 0 saturated carbocycles. The zero-order valence-electron chi connectivity index (χ0n) is 8.75. The molecule has 0 fully saturated rings. The molecular weight excluding hydrogens is 208 g/mol. The van der Waals surface area contributed by atoms with Gasteiger partial charge in [0.25, 0.3) is 6.41 Å². The number of aromatic nitrogens is 1. The van der Waals surface area contributed by atoms with Crippen molar-refractivity contribution in [2.45, 2.75) is 13.3 Å². The highest BCUT2D eigenvalue weighted by molar-refractivity contribution is 5.33. The zero-order chi connectivity index (χ0) is 11.4. The SMILES string of the molecule is Cc1cc(NC(O)Oc2ccccc2)no1. The van der Waals surface area contributed by atoms with Crippen LogP contribution in [0.4, 0.5) is 5.82 Å². The number of hydrogen-bond donors (Lipinski definition) is 2. The molecule has 0 aliphatic rings. The van der Waals surface area contributed by atoms with E-state index in [-0.39, 0.29) is 0 Å². The molecule has 0 saturated heterocycles. The number of nitrogens with zero attached hydrogens (tertiary/aromatic N) is 1. The molecule has 1 atom stereocenters. The summed E-state index contributed by atoms with van der Waals surface area (Å²) in [4.78, 5) is 0. The number of hydrogen-bond acceptors (Lipinski definition) is 5. The smallest absolute Gasteiger partial charge is 0.280 e. The number of benzene rings is 1. The number of aryl methyl sites for hydroxylation is 1. The standard InChI is InChI=1S/C11H12N2O3/c1-8-7-10(13-16-8)12-11(14)15-9-5-3-2-4-6-9/h2-7,11,14H,1H3,(H,12,13). The molecule has 2 aromatic rings. The number of nitrogens with one attached hydrogen (secondary N) is 1. The topological polar surface area (TPSA) is 67.5 Å². The lowest BCUT2D eigenvalue weighted by Gasteiger charge is -2.13. The molecule has 2 rings (SSSR count). The van der Waals surface area contributed by atoms with E-state index in [0.29, 0.717) is 17.3 Å². The lowest BCUT2D eigenvalue weighted by atomic mass is 10.3. The lowest BCUT2D eigenvalue weighted by molar-refractivity contribution is 0.00720. The van der Waals surface area contributed by atoms with E-state index in [9.17, 15) is 5.11 Å². The van der Waals surface area contributed by atoms with Gasteiger partial charge in [0.05, 0.1) is 0 Å². The Labute approximate surface area is 92.6 Å². The Morgan fingerprint density at radius 2 is 2.12 bits per heavy atom. The van der Waals surface area contributed by atoms with E-state index in [1.807, 2.05) is 18.2 Å². The molecule has 84 valence electrons. The Bertz CT molecular complexity index is 442. The van der Waals surface area contributed by atoms with Crippen LogP contribution in [0.3, 0.4) is 0 Å². The van der Waals surface area contributed by atoms with Crippen molar-refractivity contribution >= 4 is 5.82 Å². The quantitative estimate of drug-likeness (QED) is 0.768. The predicted molar refractivity (Wildman–Crippen MR) is 57.9 cm³/mol. The minimum absolute atomic E-state index is 0.431. The fourth-order valence-corrected chi connectivity index (χ4v) is 1.22. The minimum Gasteiger partial charge on any atom is -0.447 e. The van der Waals surface area contributed by atoms with Crippen molar-refractivity contribution in [3.8, 4) is 5.75 Å². The van der Waals surface area contributed by atoms with Gasteiger partial charge in [-0.05, 0) is 19.1 Å². The maximum absolute atomic E-state index is 9.55. The molecule has 0 amide bonds. The minimum atomic E-state index is -1.16. The molecule has 0 radical (unpaired) electrons. The first-order chi connectivity index (χ1) is 7.74. The maximum Gasteiger partial charge on any atom is 0.280 e. The number of para-hydroxylation sites is 1. The second kappa shape index (κ2) is 4.67. The van der Waals surface area contributed by atoms with Crippen molar-refractivity contribution in [3.63, 3.8) is 0 Å². The van der Waals surface area contributed by atoms with Gasteiger partial charge in [0.15, 0.2) is 5.82 Å². The number of ether oxygens (including phenoxy) is 1. The predicted octanol–water partition coefficient (Wildman–Crippen LogP) is 1.75. The molecular formula is C11H12N2O3.